The SMILES string of the molecule is COc1ccc(C)c2c(OC)cc(CN)cc12. The standard InChI is InChI=1S/C14H17NO2/c1-9-4-5-12(16-2)11-6-10(8-15)7-13(17-3)14(9)11/h4-7H,8,15H2,1-3H3. The molecule has 0 saturated heterocycles. The first-order chi connectivity index (χ1) is 8.21. The highest BCUT2D eigenvalue weighted by molar-refractivity contribution is 5.96. The van der Waals surface area contributed by atoms with Gasteiger partial charge in [-0.15, -0.1) is 0 Å². The van der Waals surface area contributed by atoms with Crippen molar-refractivity contribution >= 4 is 10.8 Å². The van der Waals surface area contributed by atoms with Gasteiger partial charge >= 0.3 is 0 Å². The Morgan fingerprint density at radius 2 is 1.76 bits per heavy atom. The molecule has 3 heteroatoms. The number of rotatable bonds is 3. The molecule has 3 nitrogen and oxygen atoms in total. The normalized spacial score (nSPS) is 10.6. The molecule has 0 aliphatic carbocycles. The summed E-state index contributed by atoms with van der Waals surface area (Å²) in [4.78, 5) is 0. The lowest BCUT2D eigenvalue weighted by molar-refractivity contribution is 0.415. The van der Waals surface area contributed by atoms with Crippen LogP contribution >= 0.6 is 0 Å². The molecule has 0 bridgehead atoms. The van der Waals surface area contributed by atoms with Gasteiger partial charge in [-0.2, -0.15) is 0 Å². The zero-order valence-electron chi connectivity index (χ0n) is 10.4. The van der Waals surface area contributed by atoms with Gasteiger partial charge in [0.15, 0.2) is 0 Å². The second-order valence-electron chi connectivity index (χ2n) is 4.01. The Labute approximate surface area is 101 Å². The first-order valence-corrected chi connectivity index (χ1v) is 5.55. The number of nitrogens with two attached hydrogens (primary N) is 1. The van der Waals surface area contributed by atoms with E-state index in [-0.39, 0.29) is 0 Å². The molecule has 0 aromatic heterocycles. The number of hydrogen-bond acceptors (Lipinski definition) is 3. The Morgan fingerprint density at radius 1 is 1.06 bits per heavy atom. The van der Waals surface area contributed by atoms with Gasteiger partial charge < -0.3 is 15.2 Å². The molecule has 90 valence electrons. The van der Waals surface area contributed by atoms with E-state index in [4.69, 9.17) is 15.2 Å². The number of fused-ring (bicyclic) bond motifs is 1. The van der Waals surface area contributed by atoms with Crippen molar-refractivity contribution in [2.24, 2.45) is 5.73 Å². The van der Waals surface area contributed by atoms with E-state index < -0.39 is 0 Å². The van der Waals surface area contributed by atoms with Gasteiger partial charge in [0.1, 0.15) is 11.5 Å². The van der Waals surface area contributed by atoms with Crippen molar-refractivity contribution in [1.82, 2.24) is 0 Å². The summed E-state index contributed by atoms with van der Waals surface area (Å²) in [6.07, 6.45) is 0. The summed E-state index contributed by atoms with van der Waals surface area (Å²) in [7, 11) is 3.35. The van der Waals surface area contributed by atoms with Gasteiger partial charge in [-0.3, -0.25) is 0 Å². The van der Waals surface area contributed by atoms with E-state index in [1.165, 1.54) is 5.56 Å². The fourth-order valence-corrected chi connectivity index (χ4v) is 2.10. The third-order valence-electron chi connectivity index (χ3n) is 2.98. The average Bonchev–Trinajstić information content (AvgIpc) is 2.37. The van der Waals surface area contributed by atoms with E-state index >= 15 is 0 Å². The lowest BCUT2D eigenvalue weighted by atomic mass is 10.0. The van der Waals surface area contributed by atoms with Crippen LogP contribution in [-0.2, 0) is 6.54 Å². The minimum absolute atomic E-state index is 0.489. The van der Waals surface area contributed by atoms with E-state index in [9.17, 15) is 0 Å². The second-order valence-corrected chi connectivity index (χ2v) is 4.01. The van der Waals surface area contributed by atoms with Crippen LogP contribution in [0.15, 0.2) is 24.3 Å². The van der Waals surface area contributed by atoms with Crippen LogP contribution in [-0.4, -0.2) is 14.2 Å². The highest BCUT2D eigenvalue weighted by Gasteiger charge is 2.10. The maximum absolute atomic E-state index is 5.70. The highest BCUT2D eigenvalue weighted by Crippen LogP contribution is 2.35. The minimum Gasteiger partial charge on any atom is -0.496 e. The number of ether oxygens (including phenoxy) is 2. The Balaban J connectivity index is 2.86. The second kappa shape index (κ2) is 4.63. The molecule has 2 aromatic rings. The van der Waals surface area contributed by atoms with Crippen LogP contribution in [0.1, 0.15) is 11.1 Å². The van der Waals surface area contributed by atoms with E-state index in [1.807, 2.05) is 18.2 Å². The molecule has 0 fully saturated rings. The molecular weight excluding hydrogens is 214 g/mol. The Bertz CT molecular complexity index is 549. The maximum Gasteiger partial charge on any atom is 0.127 e. The molecule has 0 spiro atoms. The van der Waals surface area contributed by atoms with Crippen molar-refractivity contribution in [3.8, 4) is 11.5 Å². The molecule has 17 heavy (non-hydrogen) atoms. The van der Waals surface area contributed by atoms with Crippen LogP contribution in [0.5, 0.6) is 11.5 Å². The first-order valence-electron chi connectivity index (χ1n) is 5.55. The zero-order chi connectivity index (χ0) is 12.4. The fraction of sp³-hybridized carbons (Fsp3) is 0.286. The summed E-state index contributed by atoms with van der Waals surface area (Å²) in [5.74, 6) is 1.69. The van der Waals surface area contributed by atoms with Crippen LogP contribution in [0.4, 0.5) is 0 Å². The zero-order valence-corrected chi connectivity index (χ0v) is 10.4. The van der Waals surface area contributed by atoms with Crippen LogP contribution < -0.4 is 15.2 Å². The summed E-state index contributed by atoms with van der Waals surface area (Å²) >= 11 is 0. The molecule has 0 aliphatic rings. The molecule has 2 rings (SSSR count). The first kappa shape index (κ1) is 11.7. The van der Waals surface area contributed by atoms with Gasteiger partial charge in [-0.25, -0.2) is 0 Å². The van der Waals surface area contributed by atoms with E-state index in [0.717, 1.165) is 27.8 Å². The van der Waals surface area contributed by atoms with Crippen molar-refractivity contribution in [3.05, 3.63) is 35.4 Å². The number of aryl methyl sites for hydroxylation is 1. The van der Waals surface area contributed by atoms with Gasteiger partial charge in [0, 0.05) is 17.3 Å². The van der Waals surface area contributed by atoms with E-state index in [0.29, 0.717) is 6.54 Å². The quantitative estimate of drug-likeness (QED) is 0.883. The smallest absolute Gasteiger partial charge is 0.127 e. The monoisotopic (exact) mass is 231 g/mol. The van der Waals surface area contributed by atoms with Gasteiger partial charge in [0.25, 0.3) is 0 Å². The van der Waals surface area contributed by atoms with Gasteiger partial charge in [-0.05, 0) is 36.2 Å². The minimum atomic E-state index is 0.489. The molecule has 2 aromatic carbocycles. The van der Waals surface area contributed by atoms with E-state index in [1.54, 1.807) is 14.2 Å². The molecule has 2 N–H and O–H groups in total. The van der Waals surface area contributed by atoms with Crippen molar-refractivity contribution in [1.29, 1.82) is 0 Å². The number of benzene rings is 2. The number of methoxy groups -OCH3 is 2. The van der Waals surface area contributed by atoms with Crippen LogP contribution in [0.25, 0.3) is 10.8 Å². The van der Waals surface area contributed by atoms with Gasteiger partial charge in [-0.1, -0.05) is 6.07 Å². The number of hydrogen-bond donors (Lipinski definition) is 1. The van der Waals surface area contributed by atoms with Crippen molar-refractivity contribution in [2.45, 2.75) is 13.5 Å². The average molecular weight is 231 g/mol. The topological polar surface area (TPSA) is 44.5 Å². The Hall–Kier alpha value is -1.74. The van der Waals surface area contributed by atoms with Crippen LogP contribution in [0, 0.1) is 6.92 Å². The molecule has 0 saturated carbocycles. The molecular formula is C14H17NO2. The highest BCUT2D eigenvalue weighted by atomic mass is 16.5. The molecule has 0 aliphatic heterocycles. The summed E-state index contributed by atoms with van der Waals surface area (Å²) in [5, 5.41) is 2.14. The van der Waals surface area contributed by atoms with Crippen molar-refractivity contribution in [3.63, 3.8) is 0 Å². The third-order valence-corrected chi connectivity index (χ3v) is 2.98. The van der Waals surface area contributed by atoms with Crippen LogP contribution in [0.2, 0.25) is 0 Å². The van der Waals surface area contributed by atoms with Crippen molar-refractivity contribution in [2.75, 3.05) is 14.2 Å². The lowest BCUT2D eigenvalue weighted by Gasteiger charge is -2.13. The lowest BCUT2D eigenvalue weighted by Crippen LogP contribution is -1.99. The largest absolute Gasteiger partial charge is 0.496 e. The summed E-state index contributed by atoms with van der Waals surface area (Å²) in [6, 6.07) is 8.04. The van der Waals surface area contributed by atoms with E-state index in [2.05, 4.69) is 13.0 Å². The maximum atomic E-state index is 5.70. The Morgan fingerprint density at radius 3 is 2.35 bits per heavy atom. The van der Waals surface area contributed by atoms with Gasteiger partial charge in [0.2, 0.25) is 0 Å². The summed E-state index contributed by atoms with van der Waals surface area (Å²) in [5.41, 5.74) is 7.91. The molecule has 0 unspecified atom stereocenters. The fourth-order valence-electron chi connectivity index (χ4n) is 2.10. The molecule has 0 heterocycles. The molecule has 0 amide bonds. The summed E-state index contributed by atoms with van der Waals surface area (Å²) < 4.78 is 10.8. The predicted octanol–water partition coefficient (Wildman–Crippen LogP) is 2.62. The third kappa shape index (κ3) is 1.94. The summed E-state index contributed by atoms with van der Waals surface area (Å²) in [6.45, 7) is 2.55. The predicted molar refractivity (Wildman–Crippen MR) is 69.7 cm³/mol. The molecule has 0 radical (unpaired) electrons. The van der Waals surface area contributed by atoms with Crippen LogP contribution in [0.3, 0.4) is 0 Å². The van der Waals surface area contributed by atoms with Crippen molar-refractivity contribution < 1.29 is 9.47 Å². The Kier molecular flexibility index (Phi) is 3.20. The molecule has 0 atom stereocenters. The van der Waals surface area contributed by atoms with Gasteiger partial charge in [0.05, 0.1) is 14.2 Å².